The lowest BCUT2D eigenvalue weighted by Crippen LogP contribution is -1.96. The smallest absolute Gasteiger partial charge is 0.160 e. The van der Waals surface area contributed by atoms with Crippen LogP contribution in [0, 0.1) is 0 Å². The Hall–Kier alpha value is -5.09. The highest BCUT2D eigenvalue weighted by Gasteiger charge is 2.12. The molecule has 6 rings (SSSR count). The maximum atomic E-state index is 10.4. The molecule has 0 aliphatic rings. The molecule has 0 unspecified atom stereocenters. The van der Waals surface area contributed by atoms with E-state index >= 15 is 0 Å². The highest BCUT2D eigenvalue weighted by atomic mass is 16.3. The molecular formula is C33H23N3O. The number of hydrogen-bond donors (Lipinski definition) is 1. The highest BCUT2D eigenvalue weighted by Crippen LogP contribution is 2.34. The first-order valence-electron chi connectivity index (χ1n) is 12.1. The summed E-state index contributed by atoms with van der Waals surface area (Å²) in [5.74, 6) is 0.880. The van der Waals surface area contributed by atoms with Gasteiger partial charge in [-0.05, 0) is 41.5 Å². The maximum Gasteiger partial charge on any atom is 0.160 e. The van der Waals surface area contributed by atoms with Crippen molar-refractivity contribution in [2.45, 2.75) is 0 Å². The fourth-order valence-corrected chi connectivity index (χ4v) is 4.34. The summed E-state index contributed by atoms with van der Waals surface area (Å²) in [5, 5.41) is 10.4. The minimum Gasteiger partial charge on any atom is -0.507 e. The number of rotatable bonds is 5. The van der Waals surface area contributed by atoms with Crippen molar-refractivity contribution in [2.24, 2.45) is 0 Å². The minimum atomic E-state index is 0.207. The van der Waals surface area contributed by atoms with Gasteiger partial charge in [0.1, 0.15) is 5.75 Å². The average molecular weight is 478 g/mol. The van der Waals surface area contributed by atoms with Gasteiger partial charge in [-0.25, -0.2) is 9.97 Å². The largest absolute Gasteiger partial charge is 0.507 e. The summed E-state index contributed by atoms with van der Waals surface area (Å²) in [5.41, 5.74) is 8.25. The van der Waals surface area contributed by atoms with Crippen LogP contribution in [-0.2, 0) is 0 Å². The van der Waals surface area contributed by atoms with E-state index in [1.165, 1.54) is 0 Å². The van der Waals surface area contributed by atoms with Gasteiger partial charge in [0.25, 0.3) is 0 Å². The Morgan fingerprint density at radius 2 is 1.00 bits per heavy atom. The van der Waals surface area contributed by atoms with Crippen LogP contribution in [-0.4, -0.2) is 20.1 Å². The van der Waals surface area contributed by atoms with Gasteiger partial charge in [-0.3, -0.25) is 4.98 Å². The number of aromatic hydroxyl groups is 1. The topological polar surface area (TPSA) is 58.9 Å². The van der Waals surface area contributed by atoms with Crippen LogP contribution in [0.3, 0.4) is 0 Å². The normalized spacial score (nSPS) is 10.8. The Bertz CT molecular complexity index is 1590. The molecule has 0 saturated heterocycles. The third-order valence-electron chi connectivity index (χ3n) is 6.28. The highest BCUT2D eigenvalue weighted by molar-refractivity contribution is 5.77. The van der Waals surface area contributed by atoms with Crippen molar-refractivity contribution < 1.29 is 5.11 Å². The van der Waals surface area contributed by atoms with E-state index in [4.69, 9.17) is 9.97 Å². The second kappa shape index (κ2) is 9.88. The summed E-state index contributed by atoms with van der Waals surface area (Å²) in [4.78, 5) is 14.2. The van der Waals surface area contributed by atoms with Crippen molar-refractivity contribution in [3.05, 3.63) is 134 Å². The second-order valence-electron chi connectivity index (χ2n) is 8.72. The molecule has 0 aliphatic heterocycles. The molecule has 0 bridgehead atoms. The lowest BCUT2D eigenvalue weighted by atomic mass is 9.99. The van der Waals surface area contributed by atoms with Gasteiger partial charge >= 0.3 is 0 Å². The molecule has 2 aromatic heterocycles. The monoisotopic (exact) mass is 477 g/mol. The minimum absolute atomic E-state index is 0.207. The molecule has 0 radical (unpaired) electrons. The molecule has 1 N–H and O–H groups in total. The number of nitrogens with zero attached hydrogens (tertiary/aromatic N) is 3. The zero-order valence-corrected chi connectivity index (χ0v) is 20.0. The van der Waals surface area contributed by atoms with E-state index in [2.05, 4.69) is 41.4 Å². The summed E-state index contributed by atoms with van der Waals surface area (Å²) in [6.07, 6.45) is 1.73. The average Bonchev–Trinajstić information content (AvgIpc) is 2.99. The van der Waals surface area contributed by atoms with E-state index in [1.807, 2.05) is 84.9 Å². The predicted molar refractivity (Wildman–Crippen MR) is 149 cm³/mol. The van der Waals surface area contributed by atoms with Gasteiger partial charge in [0, 0.05) is 28.5 Å². The van der Waals surface area contributed by atoms with Crippen molar-refractivity contribution in [3.8, 4) is 62.0 Å². The van der Waals surface area contributed by atoms with Crippen LogP contribution in [0.15, 0.2) is 134 Å². The number of benzene rings is 4. The first kappa shape index (κ1) is 22.4. The zero-order valence-electron chi connectivity index (χ0n) is 20.0. The van der Waals surface area contributed by atoms with E-state index in [0.29, 0.717) is 11.4 Å². The zero-order chi connectivity index (χ0) is 25.0. The second-order valence-corrected chi connectivity index (χ2v) is 8.72. The van der Waals surface area contributed by atoms with E-state index in [9.17, 15) is 5.11 Å². The Labute approximate surface area is 215 Å². The lowest BCUT2D eigenvalue weighted by molar-refractivity contribution is 0.477. The third kappa shape index (κ3) is 4.73. The first-order chi connectivity index (χ1) is 18.2. The van der Waals surface area contributed by atoms with Crippen LogP contribution in [0.4, 0.5) is 0 Å². The molecule has 6 aromatic rings. The van der Waals surface area contributed by atoms with Gasteiger partial charge in [-0.15, -0.1) is 0 Å². The quantitative estimate of drug-likeness (QED) is 0.274. The van der Waals surface area contributed by atoms with E-state index < -0.39 is 0 Å². The summed E-state index contributed by atoms with van der Waals surface area (Å²) in [7, 11) is 0. The molecule has 0 spiro atoms. The van der Waals surface area contributed by atoms with E-state index in [1.54, 1.807) is 12.3 Å². The van der Waals surface area contributed by atoms with Crippen LogP contribution >= 0.6 is 0 Å². The fourth-order valence-electron chi connectivity index (χ4n) is 4.34. The Morgan fingerprint density at radius 1 is 0.432 bits per heavy atom. The van der Waals surface area contributed by atoms with Crippen molar-refractivity contribution in [3.63, 3.8) is 0 Å². The van der Waals surface area contributed by atoms with Crippen molar-refractivity contribution in [2.75, 3.05) is 0 Å². The maximum absolute atomic E-state index is 10.4. The molecule has 0 aliphatic carbocycles. The first-order valence-corrected chi connectivity index (χ1v) is 12.1. The van der Waals surface area contributed by atoms with Crippen molar-refractivity contribution in [1.29, 1.82) is 0 Å². The van der Waals surface area contributed by atoms with Crippen molar-refractivity contribution in [1.82, 2.24) is 15.0 Å². The van der Waals surface area contributed by atoms with Gasteiger partial charge in [0.05, 0.1) is 17.1 Å². The third-order valence-corrected chi connectivity index (χ3v) is 6.28. The molecule has 0 amide bonds. The van der Waals surface area contributed by atoms with Crippen LogP contribution < -0.4 is 0 Å². The van der Waals surface area contributed by atoms with Gasteiger partial charge < -0.3 is 5.11 Å². The molecule has 2 heterocycles. The number of phenols is 1. The Kier molecular flexibility index (Phi) is 5.97. The van der Waals surface area contributed by atoms with Gasteiger partial charge in [-0.1, -0.05) is 97.1 Å². The number of aromatic nitrogens is 3. The fraction of sp³-hybridized carbons (Fsp3) is 0. The number of phenolic OH excluding ortho intramolecular Hbond substituents is 1. The summed E-state index contributed by atoms with van der Waals surface area (Å²) in [6, 6.07) is 41.8. The Balaban J connectivity index is 1.39. The molecule has 0 saturated carbocycles. The number of pyridine rings is 1. The summed E-state index contributed by atoms with van der Waals surface area (Å²) >= 11 is 0. The molecule has 0 atom stereocenters. The van der Waals surface area contributed by atoms with Crippen molar-refractivity contribution >= 4 is 0 Å². The SMILES string of the molecule is Oc1ccc(-c2ccc(-c3nc(-c4ccccc4)cc(-c4ccccc4)n3)cc2)cc1-c1ccccn1. The molecule has 4 heteroatoms. The molecule has 0 fully saturated rings. The van der Waals surface area contributed by atoms with Crippen LogP contribution in [0.2, 0.25) is 0 Å². The summed E-state index contributed by atoms with van der Waals surface area (Å²) in [6.45, 7) is 0. The van der Waals surface area contributed by atoms with E-state index in [0.717, 1.165) is 44.9 Å². The van der Waals surface area contributed by atoms with Crippen LogP contribution in [0.5, 0.6) is 5.75 Å². The molecule has 37 heavy (non-hydrogen) atoms. The predicted octanol–water partition coefficient (Wildman–Crippen LogP) is 7.91. The molecule has 176 valence electrons. The number of hydrogen-bond acceptors (Lipinski definition) is 4. The molecule has 4 nitrogen and oxygen atoms in total. The molecule has 4 aromatic carbocycles. The summed E-state index contributed by atoms with van der Waals surface area (Å²) < 4.78 is 0. The van der Waals surface area contributed by atoms with Gasteiger partial charge in [-0.2, -0.15) is 0 Å². The van der Waals surface area contributed by atoms with Crippen LogP contribution in [0.1, 0.15) is 0 Å². The van der Waals surface area contributed by atoms with Crippen LogP contribution in [0.25, 0.3) is 56.3 Å². The standard InChI is InChI=1S/C33H23N3O/c37-32-19-18-27(21-28(32)29-13-7-8-20-34-29)23-14-16-26(17-15-23)33-35-30(24-9-3-1-4-10-24)22-31(36-33)25-11-5-2-6-12-25/h1-22,37H. The van der Waals surface area contributed by atoms with E-state index in [-0.39, 0.29) is 5.75 Å². The van der Waals surface area contributed by atoms with Gasteiger partial charge in [0.15, 0.2) is 5.82 Å². The van der Waals surface area contributed by atoms with Gasteiger partial charge in [0.2, 0.25) is 0 Å². The molecular weight excluding hydrogens is 454 g/mol. The Morgan fingerprint density at radius 3 is 1.59 bits per heavy atom. The lowest BCUT2D eigenvalue weighted by Gasteiger charge is -2.11.